The molecule has 0 bridgehead atoms. The van der Waals surface area contributed by atoms with Gasteiger partial charge in [-0.25, -0.2) is 13.2 Å². The third-order valence-electron chi connectivity index (χ3n) is 3.04. The van der Waals surface area contributed by atoms with Crippen LogP contribution in [0, 0.1) is 0 Å². The molecule has 1 fully saturated rings. The third kappa shape index (κ3) is 3.27. The first-order valence-electron chi connectivity index (χ1n) is 5.86. The minimum atomic E-state index is -4.03. The number of carbonyl (C=O) groups is 1. The molecule has 0 aromatic heterocycles. The fourth-order valence-corrected chi connectivity index (χ4v) is 3.55. The Kier molecular flexibility index (Phi) is 4.61. The summed E-state index contributed by atoms with van der Waals surface area (Å²) >= 11 is 3.16. The van der Waals surface area contributed by atoms with E-state index in [1.807, 2.05) is 0 Å². The first kappa shape index (κ1) is 15.6. The van der Waals surface area contributed by atoms with E-state index in [9.17, 15) is 13.2 Å². The maximum Gasteiger partial charge on any atom is 0.338 e. The summed E-state index contributed by atoms with van der Waals surface area (Å²) in [5, 5.41) is 0. The fraction of sp³-hybridized carbons (Fsp3) is 0.417. The molecule has 2 rings (SSSR count). The van der Waals surface area contributed by atoms with E-state index in [0.29, 0.717) is 4.47 Å². The number of esters is 1. The Morgan fingerprint density at radius 1 is 1.40 bits per heavy atom. The molecule has 0 unspecified atom stereocenters. The summed E-state index contributed by atoms with van der Waals surface area (Å²) in [5.74, 6) is -0.514. The number of carbonyl (C=O) groups excluding carboxylic acids is 1. The van der Waals surface area contributed by atoms with Gasteiger partial charge in [-0.2, -0.15) is 0 Å². The summed E-state index contributed by atoms with van der Waals surface area (Å²) in [5.41, 5.74) is 0.115. The van der Waals surface area contributed by atoms with Crippen molar-refractivity contribution in [2.45, 2.75) is 30.3 Å². The van der Waals surface area contributed by atoms with Crippen LogP contribution in [0.5, 0.6) is 5.75 Å². The summed E-state index contributed by atoms with van der Waals surface area (Å²) in [4.78, 5) is 11.7. The standard InChI is InChI=1S/C12H12BrClO5S/c1-18-11-9(13)5-7(6-10(11)20(14,16)17)12(15)19-8-3-2-4-8/h5-6,8H,2-4H2,1H3. The molecular weight excluding hydrogens is 372 g/mol. The lowest BCUT2D eigenvalue weighted by atomic mass is 9.96. The van der Waals surface area contributed by atoms with Gasteiger partial charge in [-0.05, 0) is 47.3 Å². The van der Waals surface area contributed by atoms with Gasteiger partial charge in [0.05, 0.1) is 17.1 Å². The van der Waals surface area contributed by atoms with Gasteiger partial charge in [0.15, 0.2) is 5.75 Å². The van der Waals surface area contributed by atoms with Gasteiger partial charge in [0.25, 0.3) is 9.05 Å². The van der Waals surface area contributed by atoms with Crippen molar-refractivity contribution in [1.29, 1.82) is 0 Å². The molecule has 110 valence electrons. The van der Waals surface area contributed by atoms with Crippen LogP contribution in [0.2, 0.25) is 0 Å². The molecule has 0 N–H and O–H groups in total. The highest BCUT2D eigenvalue weighted by Gasteiger charge is 2.26. The predicted octanol–water partition coefficient (Wildman–Crippen LogP) is 3.09. The van der Waals surface area contributed by atoms with Crippen LogP contribution in [-0.2, 0) is 13.8 Å². The first-order chi connectivity index (χ1) is 9.32. The van der Waals surface area contributed by atoms with Crippen LogP contribution < -0.4 is 4.74 Å². The second kappa shape index (κ2) is 5.91. The van der Waals surface area contributed by atoms with Gasteiger partial charge < -0.3 is 9.47 Å². The lowest BCUT2D eigenvalue weighted by molar-refractivity contribution is 0.00897. The van der Waals surface area contributed by atoms with Gasteiger partial charge in [-0.1, -0.05) is 0 Å². The number of halogens is 2. The lowest BCUT2D eigenvalue weighted by Gasteiger charge is -2.25. The van der Waals surface area contributed by atoms with E-state index in [4.69, 9.17) is 20.2 Å². The lowest BCUT2D eigenvalue weighted by Crippen LogP contribution is -2.25. The molecule has 0 aliphatic heterocycles. The highest BCUT2D eigenvalue weighted by molar-refractivity contribution is 9.10. The minimum absolute atomic E-state index is 0.0557. The number of benzene rings is 1. The largest absolute Gasteiger partial charge is 0.494 e. The van der Waals surface area contributed by atoms with Crippen molar-refractivity contribution in [2.24, 2.45) is 0 Å². The van der Waals surface area contributed by atoms with E-state index in [1.165, 1.54) is 13.2 Å². The Labute approximate surface area is 129 Å². The van der Waals surface area contributed by atoms with Crippen molar-refractivity contribution in [1.82, 2.24) is 0 Å². The van der Waals surface area contributed by atoms with Crippen LogP contribution >= 0.6 is 26.6 Å². The van der Waals surface area contributed by atoms with Crippen LogP contribution in [0.15, 0.2) is 21.5 Å². The molecule has 0 saturated heterocycles. The molecule has 1 saturated carbocycles. The smallest absolute Gasteiger partial charge is 0.338 e. The molecule has 1 aliphatic rings. The van der Waals surface area contributed by atoms with Gasteiger partial charge in [-0.15, -0.1) is 0 Å². The van der Waals surface area contributed by atoms with Crippen molar-refractivity contribution in [2.75, 3.05) is 7.11 Å². The third-order valence-corrected chi connectivity index (χ3v) is 4.95. The number of ether oxygens (including phenoxy) is 2. The molecule has 20 heavy (non-hydrogen) atoms. The zero-order valence-electron chi connectivity index (χ0n) is 10.6. The van der Waals surface area contributed by atoms with Gasteiger partial charge >= 0.3 is 5.97 Å². The summed E-state index contributed by atoms with van der Waals surface area (Å²) in [7, 11) is 2.64. The van der Waals surface area contributed by atoms with Crippen molar-refractivity contribution < 1.29 is 22.7 Å². The zero-order valence-corrected chi connectivity index (χ0v) is 13.7. The van der Waals surface area contributed by atoms with Gasteiger partial charge in [0.2, 0.25) is 0 Å². The monoisotopic (exact) mass is 382 g/mol. The molecule has 5 nitrogen and oxygen atoms in total. The quantitative estimate of drug-likeness (QED) is 0.590. The topological polar surface area (TPSA) is 69.7 Å². The number of hydrogen-bond acceptors (Lipinski definition) is 5. The summed E-state index contributed by atoms with van der Waals surface area (Å²) < 4.78 is 33.6. The molecular formula is C12H12BrClO5S. The van der Waals surface area contributed by atoms with E-state index in [1.54, 1.807) is 0 Å². The van der Waals surface area contributed by atoms with E-state index in [-0.39, 0.29) is 22.3 Å². The fourth-order valence-electron chi connectivity index (χ4n) is 1.77. The van der Waals surface area contributed by atoms with Crippen LogP contribution in [-0.4, -0.2) is 27.6 Å². The molecule has 0 atom stereocenters. The zero-order chi connectivity index (χ0) is 14.9. The first-order valence-corrected chi connectivity index (χ1v) is 8.96. The number of rotatable bonds is 4. The Hall–Kier alpha value is -0.790. The van der Waals surface area contributed by atoms with Gasteiger partial charge in [0.1, 0.15) is 11.0 Å². The summed E-state index contributed by atoms with van der Waals surface area (Å²) in [6, 6.07) is 2.61. The SMILES string of the molecule is COc1c(Br)cc(C(=O)OC2CCC2)cc1S(=O)(=O)Cl. The Bertz CT molecular complexity index is 639. The van der Waals surface area contributed by atoms with Crippen LogP contribution in [0.1, 0.15) is 29.6 Å². The van der Waals surface area contributed by atoms with E-state index < -0.39 is 15.0 Å². The molecule has 0 spiro atoms. The van der Waals surface area contributed by atoms with Crippen molar-refractivity contribution in [3.05, 3.63) is 22.2 Å². The Balaban J connectivity index is 2.39. The number of methoxy groups -OCH3 is 1. The Morgan fingerprint density at radius 2 is 2.05 bits per heavy atom. The normalized spacial score (nSPS) is 15.6. The molecule has 0 radical (unpaired) electrons. The maximum absolute atomic E-state index is 12.0. The summed E-state index contributed by atoms with van der Waals surface area (Å²) in [6.45, 7) is 0. The van der Waals surface area contributed by atoms with Crippen molar-refractivity contribution >= 4 is 41.6 Å². The highest BCUT2D eigenvalue weighted by Crippen LogP contribution is 2.36. The maximum atomic E-state index is 12.0. The second-order valence-corrected chi connectivity index (χ2v) is 7.77. The van der Waals surface area contributed by atoms with E-state index in [2.05, 4.69) is 15.9 Å². The molecule has 1 aromatic carbocycles. The predicted molar refractivity (Wildman–Crippen MR) is 76.8 cm³/mol. The van der Waals surface area contributed by atoms with Gasteiger partial charge in [-0.3, -0.25) is 0 Å². The van der Waals surface area contributed by atoms with Crippen molar-refractivity contribution in [3.8, 4) is 5.75 Å². The summed E-state index contributed by atoms with van der Waals surface area (Å²) in [6.07, 6.45) is 2.62. The average Bonchev–Trinajstić information content (AvgIpc) is 2.31. The van der Waals surface area contributed by atoms with Crippen LogP contribution in [0.3, 0.4) is 0 Å². The molecule has 0 heterocycles. The molecule has 8 heteroatoms. The molecule has 0 amide bonds. The van der Waals surface area contributed by atoms with E-state index >= 15 is 0 Å². The van der Waals surface area contributed by atoms with E-state index in [0.717, 1.165) is 25.3 Å². The molecule has 1 aliphatic carbocycles. The van der Waals surface area contributed by atoms with Crippen LogP contribution in [0.25, 0.3) is 0 Å². The highest BCUT2D eigenvalue weighted by atomic mass is 79.9. The molecule has 1 aromatic rings. The van der Waals surface area contributed by atoms with Crippen molar-refractivity contribution in [3.63, 3.8) is 0 Å². The second-order valence-electron chi connectivity index (χ2n) is 4.39. The average molecular weight is 384 g/mol. The Morgan fingerprint density at radius 3 is 2.50 bits per heavy atom. The van der Waals surface area contributed by atoms with Gasteiger partial charge in [0, 0.05) is 10.7 Å². The van der Waals surface area contributed by atoms with Crippen LogP contribution in [0.4, 0.5) is 0 Å². The number of hydrogen-bond donors (Lipinski definition) is 0. The minimum Gasteiger partial charge on any atom is -0.494 e.